The number of hydrogen-bond donors (Lipinski definition) is 5. The Morgan fingerprint density at radius 3 is 2.46 bits per heavy atom. The second kappa shape index (κ2) is 13.2. The normalized spacial score (nSPS) is 18.1. The third-order valence-corrected chi connectivity index (χ3v) is 5.01. The highest BCUT2D eigenvalue weighted by atomic mass is 35.5. The van der Waals surface area contributed by atoms with Gasteiger partial charge >= 0.3 is 13.1 Å². The van der Waals surface area contributed by atoms with Crippen LogP contribution in [0.25, 0.3) is 5.57 Å². The summed E-state index contributed by atoms with van der Waals surface area (Å²) >= 11 is 0. The largest absolute Gasteiger partial charge is 0.480 e. The zero-order valence-electron chi connectivity index (χ0n) is 15.9. The predicted octanol–water partition coefficient (Wildman–Crippen LogP) is 2.48. The molecule has 0 fully saturated rings. The molecule has 1 aromatic rings. The van der Waals surface area contributed by atoms with Gasteiger partial charge < -0.3 is 26.2 Å². The number of halogens is 2. The Bertz CT molecular complexity index is 619. The molecular weight excluding hydrogens is 402 g/mol. The third kappa shape index (κ3) is 8.51. The number of rotatable bonds is 10. The second-order valence-corrected chi connectivity index (χ2v) is 7.09. The van der Waals surface area contributed by atoms with Crippen molar-refractivity contribution in [1.82, 2.24) is 5.32 Å². The molecule has 28 heavy (non-hydrogen) atoms. The van der Waals surface area contributed by atoms with Gasteiger partial charge in [0.05, 0.1) is 0 Å². The molecule has 9 heteroatoms. The maximum atomic E-state index is 11.6. The maximum absolute atomic E-state index is 11.6. The summed E-state index contributed by atoms with van der Waals surface area (Å²) in [5.74, 6) is -0.995. The van der Waals surface area contributed by atoms with E-state index in [2.05, 4.69) is 23.5 Å². The van der Waals surface area contributed by atoms with Gasteiger partial charge in [-0.1, -0.05) is 49.2 Å². The molecular formula is C19H31BCl2N2O4. The van der Waals surface area contributed by atoms with Gasteiger partial charge in [0.1, 0.15) is 5.54 Å². The molecule has 2 atom stereocenters. The van der Waals surface area contributed by atoms with Gasteiger partial charge in [0.15, 0.2) is 0 Å². The smallest absolute Gasteiger partial charge is 0.451 e. The molecule has 0 saturated carbocycles. The van der Waals surface area contributed by atoms with E-state index >= 15 is 0 Å². The lowest BCUT2D eigenvalue weighted by molar-refractivity contribution is -0.144. The van der Waals surface area contributed by atoms with Gasteiger partial charge in [0.25, 0.3) is 0 Å². The Hall–Kier alpha value is -1.09. The number of nitrogens with one attached hydrogen (secondary N) is 1. The van der Waals surface area contributed by atoms with E-state index in [0.717, 1.165) is 13.0 Å². The minimum Gasteiger partial charge on any atom is -0.480 e. The average molecular weight is 433 g/mol. The van der Waals surface area contributed by atoms with Crippen molar-refractivity contribution in [2.45, 2.75) is 56.4 Å². The van der Waals surface area contributed by atoms with E-state index in [4.69, 9.17) is 15.8 Å². The van der Waals surface area contributed by atoms with Crippen LogP contribution in [0.5, 0.6) is 0 Å². The van der Waals surface area contributed by atoms with Crippen LogP contribution in [0.15, 0.2) is 36.4 Å². The molecule has 1 aromatic carbocycles. The number of nitrogens with two attached hydrogens (primary N) is 1. The SMILES string of the molecule is Cl.Cl.NC(CCCCB(O)O)(CCC1C=C(c2ccccc2)CCN1)C(=O)O. The molecule has 6 N–H and O–H groups in total. The number of unbranched alkanes of at least 4 members (excludes halogenated alkanes) is 1. The van der Waals surface area contributed by atoms with Crippen LogP contribution in [0.1, 0.15) is 44.1 Å². The van der Waals surface area contributed by atoms with Gasteiger partial charge in [-0.3, -0.25) is 4.79 Å². The van der Waals surface area contributed by atoms with Crippen molar-refractivity contribution in [1.29, 1.82) is 0 Å². The van der Waals surface area contributed by atoms with Gasteiger partial charge in [-0.05, 0) is 49.7 Å². The quantitative estimate of drug-likeness (QED) is 0.286. The van der Waals surface area contributed by atoms with E-state index < -0.39 is 18.6 Å². The van der Waals surface area contributed by atoms with Crippen molar-refractivity contribution < 1.29 is 19.9 Å². The van der Waals surface area contributed by atoms with Crippen LogP contribution in [0.3, 0.4) is 0 Å². The van der Waals surface area contributed by atoms with Crippen molar-refractivity contribution >= 4 is 43.5 Å². The Kier molecular flexibility index (Phi) is 12.7. The maximum Gasteiger partial charge on any atom is 0.451 e. The first kappa shape index (κ1) is 26.9. The highest BCUT2D eigenvalue weighted by Gasteiger charge is 2.34. The lowest BCUT2D eigenvalue weighted by Gasteiger charge is -2.29. The van der Waals surface area contributed by atoms with Crippen LogP contribution in [0.2, 0.25) is 6.32 Å². The van der Waals surface area contributed by atoms with Crippen molar-refractivity contribution in [2.24, 2.45) is 5.73 Å². The number of carbonyl (C=O) groups is 1. The fourth-order valence-electron chi connectivity index (χ4n) is 3.37. The third-order valence-electron chi connectivity index (χ3n) is 5.01. The molecule has 1 aliphatic heterocycles. The molecule has 0 aromatic heterocycles. The number of carboxylic acids is 1. The topological polar surface area (TPSA) is 116 Å². The molecule has 0 bridgehead atoms. The van der Waals surface area contributed by atoms with E-state index in [-0.39, 0.29) is 37.2 Å². The van der Waals surface area contributed by atoms with E-state index in [9.17, 15) is 9.90 Å². The fourth-order valence-corrected chi connectivity index (χ4v) is 3.37. The van der Waals surface area contributed by atoms with Crippen LogP contribution in [0.4, 0.5) is 0 Å². The lowest BCUT2D eigenvalue weighted by Crippen LogP contribution is -2.49. The summed E-state index contributed by atoms with van der Waals surface area (Å²) in [4.78, 5) is 11.6. The van der Waals surface area contributed by atoms with Crippen molar-refractivity contribution in [3.63, 3.8) is 0 Å². The molecule has 0 aliphatic carbocycles. The van der Waals surface area contributed by atoms with Gasteiger partial charge in [0, 0.05) is 6.04 Å². The Morgan fingerprint density at radius 2 is 1.86 bits per heavy atom. The summed E-state index contributed by atoms with van der Waals surface area (Å²) in [7, 11) is -1.35. The molecule has 0 spiro atoms. The summed E-state index contributed by atoms with van der Waals surface area (Å²) in [6, 6.07) is 10.3. The summed E-state index contributed by atoms with van der Waals surface area (Å²) < 4.78 is 0. The van der Waals surface area contributed by atoms with Gasteiger partial charge in [-0.15, -0.1) is 24.8 Å². The number of carboxylic acid groups (broad SMARTS) is 1. The molecule has 2 unspecified atom stereocenters. The van der Waals surface area contributed by atoms with Gasteiger partial charge in [-0.25, -0.2) is 0 Å². The first-order valence-corrected chi connectivity index (χ1v) is 9.28. The molecule has 0 saturated heterocycles. The van der Waals surface area contributed by atoms with Gasteiger partial charge in [-0.2, -0.15) is 0 Å². The zero-order valence-corrected chi connectivity index (χ0v) is 17.6. The standard InChI is InChI=1S/C19H29BN2O4.2ClH/c21-19(18(23)24,10-4-5-12-20(25)26)11-8-17-14-16(9-13-22-17)15-6-2-1-3-7-15;;/h1-3,6-7,14,17,22,25-26H,4-5,8-13,21H2,(H,23,24);2*1H. The fraction of sp³-hybridized carbons (Fsp3) is 0.526. The minimum absolute atomic E-state index is 0. The van der Waals surface area contributed by atoms with Crippen LogP contribution >= 0.6 is 24.8 Å². The van der Waals surface area contributed by atoms with E-state index in [1.807, 2.05) is 18.2 Å². The van der Waals surface area contributed by atoms with Crippen LogP contribution in [-0.4, -0.2) is 46.4 Å². The molecule has 0 radical (unpaired) electrons. The predicted molar refractivity (Wildman–Crippen MR) is 118 cm³/mol. The summed E-state index contributed by atoms with van der Waals surface area (Å²) in [6.45, 7) is 0.866. The second-order valence-electron chi connectivity index (χ2n) is 7.09. The van der Waals surface area contributed by atoms with Crippen LogP contribution < -0.4 is 11.1 Å². The van der Waals surface area contributed by atoms with E-state index in [0.29, 0.717) is 32.1 Å². The highest BCUT2D eigenvalue weighted by Crippen LogP contribution is 2.25. The number of aliphatic carboxylic acids is 1. The lowest BCUT2D eigenvalue weighted by atomic mass is 9.81. The summed E-state index contributed by atoms with van der Waals surface area (Å²) in [5, 5.41) is 30.7. The average Bonchev–Trinajstić information content (AvgIpc) is 2.64. The zero-order chi connectivity index (χ0) is 19.0. The Labute approximate surface area is 179 Å². The van der Waals surface area contributed by atoms with E-state index in [1.165, 1.54) is 11.1 Å². The Balaban J connectivity index is 0.00000364. The van der Waals surface area contributed by atoms with Crippen molar-refractivity contribution in [3.8, 4) is 0 Å². The van der Waals surface area contributed by atoms with Crippen molar-refractivity contribution in [3.05, 3.63) is 42.0 Å². The van der Waals surface area contributed by atoms with Crippen molar-refractivity contribution in [2.75, 3.05) is 6.54 Å². The first-order valence-electron chi connectivity index (χ1n) is 9.28. The molecule has 1 heterocycles. The summed E-state index contributed by atoms with van der Waals surface area (Å²) in [5.41, 5.74) is 7.36. The minimum atomic E-state index is -1.35. The number of benzene rings is 1. The van der Waals surface area contributed by atoms with Crippen LogP contribution in [0, 0.1) is 0 Å². The monoisotopic (exact) mass is 432 g/mol. The molecule has 1 aliphatic rings. The Morgan fingerprint density at radius 1 is 1.18 bits per heavy atom. The van der Waals surface area contributed by atoms with Gasteiger partial charge in [0.2, 0.25) is 0 Å². The number of hydrogen-bond acceptors (Lipinski definition) is 5. The highest BCUT2D eigenvalue weighted by molar-refractivity contribution is 6.40. The molecule has 2 rings (SSSR count). The first-order chi connectivity index (χ1) is 12.4. The molecule has 158 valence electrons. The summed E-state index contributed by atoms with van der Waals surface area (Å²) in [6.07, 6.45) is 5.84. The molecule has 6 nitrogen and oxygen atoms in total. The molecule has 0 amide bonds. The van der Waals surface area contributed by atoms with E-state index in [1.54, 1.807) is 0 Å². The van der Waals surface area contributed by atoms with Crippen LogP contribution in [-0.2, 0) is 4.79 Å².